The molecule has 0 saturated carbocycles. The van der Waals surface area contributed by atoms with Crippen molar-refractivity contribution in [1.29, 1.82) is 0 Å². The summed E-state index contributed by atoms with van der Waals surface area (Å²) < 4.78 is 1.93. The lowest BCUT2D eigenvalue weighted by molar-refractivity contribution is 0.309. The maximum atomic E-state index is 5.67. The van der Waals surface area contributed by atoms with Gasteiger partial charge in [0.25, 0.3) is 0 Å². The van der Waals surface area contributed by atoms with Crippen molar-refractivity contribution < 1.29 is 0 Å². The van der Waals surface area contributed by atoms with Gasteiger partial charge in [-0.25, -0.2) is 0 Å². The van der Waals surface area contributed by atoms with Crippen molar-refractivity contribution in [1.82, 2.24) is 14.7 Å². The van der Waals surface area contributed by atoms with E-state index >= 15 is 0 Å². The minimum Gasteiger partial charge on any atom is -0.389 e. The van der Waals surface area contributed by atoms with E-state index in [2.05, 4.69) is 29.2 Å². The summed E-state index contributed by atoms with van der Waals surface area (Å²) in [6.45, 7) is 3.71. The van der Waals surface area contributed by atoms with E-state index < -0.39 is 0 Å². The van der Waals surface area contributed by atoms with E-state index in [1.165, 1.54) is 11.3 Å². The van der Waals surface area contributed by atoms with Gasteiger partial charge in [-0.15, -0.1) is 0 Å². The summed E-state index contributed by atoms with van der Waals surface area (Å²) in [5, 5.41) is 4.36. The van der Waals surface area contributed by atoms with E-state index in [-0.39, 0.29) is 0 Å². The number of nitrogens with zero attached hydrogens (tertiary/aromatic N) is 3. The number of thiocarbonyl (C=S) groups is 1. The van der Waals surface area contributed by atoms with Crippen LogP contribution in [0.5, 0.6) is 0 Å². The molecule has 0 unspecified atom stereocenters. The fourth-order valence-corrected chi connectivity index (χ4v) is 2.41. The first-order chi connectivity index (χ1) is 9.45. The van der Waals surface area contributed by atoms with Crippen molar-refractivity contribution >= 4 is 17.2 Å². The van der Waals surface area contributed by atoms with E-state index in [0.717, 1.165) is 24.3 Å². The predicted molar refractivity (Wildman–Crippen MR) is 85.4 cm³/mol. The highest BCUT2D eigenvalue weighted by molar-refractivity contribution is 7.80. The quantitative estimate of drug-likeness (QED) is 0.855. The smallest absolute Gasteiger partial charge is 0.103 e. The molecule has 4 nitrogen and oxygen atoms in total. The number of benzene rings is 1. The van der Waals surface area contributed by atoms with E-state index in [4.69, 9.17) is 18.0 Å². The van der Waals surface area contributed by atoms with Crippen LogP contribution in [0.3, 0.4) is 0 Å². The van der Waals surface area contributed by atoms with E-state index in [0.29, 0.717) is 4.99 Å². The number of aryl methyl sites for hydroxylation is 2. The van der Waals surface area contributed by atoms with Gasteiger partial charge in [-0.05, 0) is 31.7 Å². The molecule has 1 aromatic heterocycles. The number of rotatable bonds is 5. The normalized spacial score (nSPS) is 11.0. The largest absolute Gasteiger partial charge is 0.389 e. The number of nitrogens with two attached hydrogens (primary N) is 1. The van der Waals surface area contributed by atoms with Gasteiger partial charge in [-0.3, -0.25) is 9.58 Å². The molecular formula is C15H20N4S. The Morgan fingerprint density at radius 3 is 2.70 bits per heavy atom. The molecule has 0 aliphatic rings. The highest BCUT2D eigenvalue weighted by Gasteiger charge is 2.07. The molecule has 2 aromatic rings. The van der Waals surface area contributed by atoms with Crippen LogP contribution in [0.4, 0.5) is 0 Å². The van der Waals surface area contributed by atoms with Gasteiger partial charge in [0.1, 0.15) is 4.99 Å². The van der Waals surface area contributed by atoms with Crippen LogP contribution in [0.25, 0.3) is 0 Å². The van der Waals surface area contributed by atoms with Crippen LogP contribution in [-0.2, 0) is 20.1 Å². The number of aromatic nitrogens is 2. The molecular weight excluding hydrogens is 268 g/mol. The lowest BCUT2D eigenvalue weighted by Gasteiger charge is -2.17. The maximum absolute atomic E-state index is 5.67. The summed E-state index contributed by atoms with van der Waals surface area (Å²) in [4.78, 5) is 2.69. The third kappa shape index (κ3) is 3.65. The van der Waals surface area contributed by atoms with Crippen LogP contribution in [-0.4, -0.2) is 26.7 Å². The average molecular weight is 288 g/mol. The summed E-state index contributed by atoms with van der Waals surface area (Å²) in [7, 11) is 4.07. The third-order valence-corrected chi connectivity index (χ3v) is 3.43. The Hall–Kier alpha value is -1.72. The first-order valence-electron chi connectivity index (χ1n) is 6.52. The Balaban J connectivity index is 2.04. The lowest BCUT2D eigenvalue weighted by Crippen LogP contribution is -2.19. The summed E-state index contributed by atoms with van der Waals surface area (Å²) in [5.74, 6) is 0. The molecule has 0 fully saturated rings. The first-order valence-corrected chi connectivity index (χ1v) is 6.93. The molecule has 5 heteroatoms. The van der Waals surface area contributed by atoms with Crippen molar-refractivity contribution in [2.45, 2.75) is 20.0 Å². The van der Waals surface area contributed by atoms with Gasteiger partial charge in [-0.2, -0.15) is 5.10 Å². The predicted octanol–water partition coefficient (Wildman–Crippen LogP) is 1.99. The average Bonchev–Trinajstić information content (AvgIpc) is 2.67. The molecule has 0 saturated heterocycles. The second kappa shape index (κ2) is 6.15. The van der Waals surface area contributed by atoms with Gasteiger partial charge in [0.05, 0.1) is 11.4 Å². The minimum atomic E-state index is 0.441. The molecule has 0 bridgehead atoms. The number of hydrogen-bond acceptors (Lipinski definition) is 3. The molecule has 0 spiro atoms. The van der Waals surface area contributed by atoms with Crippen LogP contribution in [0.1, 0.15) is 22.5 Å². The lowest BCUT2D eigenvalue weighted by atomic mass is 10.1. The van der Waals surface area contributed by atoms with Crippen molar-refractivity contribution in [3.63, 3.8) is 0 Å². The topological polar surface area (TPSA) is 47.1 Å². The second-order valence-corrected chi connectivity index (χ2v) is 5.58. The van der Waals surface area contributed by atoms with Gasteiger partial charge >= 0.3 is 0 Å². The van der Waals surface area contributed by atoms with Crippen LogP contribution in [0, 0.1) is 6.92 Å². The molecule has 0 aliphatic heterocycles. The molecule has 0 aliphatic carbocycles. The van der Waals surface area contributed by atoms with E-state index in [1.807, 2.05) is 36.9 Å². The minimum absolute atomic E-state index is 0.441. The van der Waals surface area contributed by atoms with Crippen LogP contribution >= 0.6 is 12.2 Å². The highest BCUT2D eigenvalue weighted by atomic mass is 32.1. The molecule has 20 heavy (non-hydrogen) atoms. The van der Waals surface area contributed by atoms with E-state index in [9.17, 15) is 0 Å². The van der Waals surface area contributed by atoms with Crippen LogP contribution in [0.2, 0.25) is 0 Å². The van der Waals surface area contributed by atoms with Crippen molar-refractivity contribution in [3.8, 4) is 0 Å². The summed E-state index contributed by atoms with van der Waals surface area (Å²) in [5.41, 5.74) is 10.0. The molecule has 1 heterocycles. The van der Waals surface area contributed by atoms with Crippen molar-refractivity contribution in [2.75, 3.05) is 7.05 Å². The fourth-order valence-electron chi connectivity index (χ4n) is 2.28. The van der Waals surface area contributed by atoms with Crippen LogP contribution < -0.4 is 5.73 Å². The Bertz CT molecular complexity index is 618. The Morgan fingerprint density at radius 1 is 1.35 bits per heavy atom. The molecule has 106 valence electrons. The fraction of sp³-hybridized carbons (Fsp3) is 0.333. The molecule has 2 rings (SSSR count). The van der Waals surface area contributed by atoms with Crippen molar-refractivity contribution in [3.05, 3.63) is 52.8 Å². The van der Waals surface area contributed by atoms with Crippen molar-refractivity contribution in [2.24, 2.45) is 12.8 Å². The molecule has 1 aromatic carbocycles. The summed E-state index contributed by atoms with van der Waals surface area (Å²) >= 11 is 5.01. The zero-order valence-corrected chi connectivity index (χ0v) is 12.9. The zero-order valence-electron chi connectivity index (χ0n) is 12.1. The Kier molecular flexibility index (Phi) is 4.52. The molecule has 0 amide bonds. The second-order valence-electron chi connectivity index (χ2n) is 5.14. The monoisotopic (exact) mass is 288 g/mol. The highest BCUT2D eigenvalue weighted by Crippen LogP contribution is 2.11. The van der Waals surface area contributed by atoms with E-state index in [1.54, 1.807) is 0 Å². The van der Waals surface area contributed by atoms with Crippen LogP contribution in [0.15, 0.2) is 30.3 Å². The Labute approximate surface area is 125 Å². The van der Waals surface area contributed by atoms with Gasteiger partial charge in [-0.1, -0.05) is 30.4 Å². The Morgan fingerprint density at radius 2 is 2.10 bits per heavy atom. The van der Waals surface area contributed by atoms with Gasteiger partial charge in [0.2, 0.25) is 0 Å². The zero-order chi connectivity index (χ0) is 14.7. The third-order valence-electron chi connectivity index (χ3n) is 3.19. The number of hydrogen-bond donors (Lipinski definition) is 1. The van der Waals surface area contributed by atoms with Gasteiger partial charge in [0, 0.05) is 25.7 Å². The first kappa shape index (κ1) is 14.7. The maximum Gasteiger partial charge on any atom is 0.103 e. The molecule has 0 radical (unpaired) electrons. The molecule has 0 atom stereocenters. The van der Waals surface area contributed by atoms with Gasteiger partial charge in [0.15, 0.2) is 0 Å². The van der Waals surface area contributed by atoms with Gasteiger partial charge < -0.3 is 5.73 Å². The summed E-state index contributed by atoms with van der Waals surface area (Å²) in [6, 6.07) is 10.2. The standard InChI is InChI=1S/C15H20N4S/c1-11-7-14(19(3)17-11)10-18(2)9-12-5-4-6-13(8-12)15(16)20/h4-8H,9-10H2,1-3H3,(H2,16,20). The molecule has 2 N–H and O–H groups in total. The summed E-state index contributed by atoms with van der Waals surface area (Å²) in [6.07, 6.45) is 0. The SMILES string of the molecule is Cc1cc(CN(C)Cc2cccc(C(N)=S)c2)n(C)n1.